The van der Waals surface area contributed by atoms with Crippen LogP contribution in [0.1, 0.15) is 24.3 Å². The molecule has 11 heteroatoms. The van der Waals surface area contributed by atoms with Crippen molar-refractivity contribution in [3.8, 4) is 5.75 Å². The lowest BCUT2D eigenvalue weighted by Crippen LogP contribution is -2.68. The number of amides is 1. The first-order chi connectivity index (χ1) is 14.4. The summed E-state index contributed by atoms with van der Waals surface area (Å²) in [4.78, 5) is 14.7. The Morgan fingerprint density at radius 2 is 1.93 bits per heavy atom. The second-order valence-electron chi connectivity index (χ2n) is 7.76. The van der Waals surface area contributed by atoms with Gasteiger partial charge >= 0.3 is 6.36 Å². The van der Waals surface area contributed by atoms with Crippen LogP contribution in [0, 0.1) is 0 Å². The molecule has 2 atom stereocenters. The molecular formula is C19H22F3N5O3. The molecule has 3 aliphatic heterocycles. The molecule has 8 nitrogen and oxygen atoms in total. The van der Waals surface area contributed by atoms with Crippen LogP contribution >= 0.6 is 0 Å². The third-order valence-corrected chi connectivity index (χ3v) is 5.63. The number of anilines is 1. The Morgan fingerprint density at radius 1 is 1.17 bits per heavy atom. The van der Waals surface area contributed by atoms with E-state index in [-0.39, 0.29) is 29.6 Å². The molecule has 162 valence electrons. The Morgan fingerprint density at radius 3 is 2.63 bits per heavy atom. The molecule has 1 aromatic rings. The molecule has 0 aromatic heterocycles. The van der Waals surface area contributed by atoms with Crippen LogP contribution in [0.3, 0.4) is 0 Å². The maximum Gasteiger partial charge on any atom is 0.573 e. The first kappa shape index (κ1) is 19.6. The molecule has 4 aliphatic rings. The van der Waals surface area contributed by atoms with Gasteiger partial charge in [0.15, 0.2) is 5.75 Å². The summed E-state index contributed by atoms with van der Waals surface area (Å²) in [6, 6.07) is 4.84. The number of morpholine rings is 1. The second-order valence-corrected chi connectivity index (χ2v) is 7.76. The number of hydrazine groups is 1. The maximum atomic E-state index is 13.0. The van der Waals surface area contributed by atoms with Gasteiger partial charge in [-0.3, -0.25) is 20.0 Å². The SMILES string of the molecule is O=C1NC(N2CCOCC2)NC2NN(c3ccc(C4CC4)cc3OC(F)(F)F)C=C12. The van der Waals surface area contributed by atoms with Crippen molar-refractivity contribution in [2.45, 2.75) is 37.6 Å². The highest BCUT2D eigenvalue weighted by Crippen LogP contribution is 2.44. The van der Waals surface area contributed by atoms with Crippen LogP contribution in [0.25, 0.3) is 0 Å². The molecule has 1 aromatic carbocycles. The van der Waals surface area contributed by atoms with Gasteiger partial charge in [-0.05, 0) is 36.5 Å². The monoisotopic (exact) mass is 425 g/mol. The van der Waals surface area contributed by atoms with Crippen molar-refractivity contribution in [1.29, 1.82) is 0 Å². The third kappa shape index (κ3) is 3.97. The van der Waals surface area contributed by atoms with Crippen molar-refractivity contribution >= 4 is 11.6 Å². The quantitative estimate of drug-likeness (QED) is 0.672. The summed E-state index contributed by atoms with van der Waals surface area (Å²) in [5.74, 6) is -0.290. The summed E-state index contributed by atoms with van der Waals surface area (Å²) in [6.45, 7) is 2.48. The van der Waals surface area contributed by atoms with Crippen molar-refractivity contribution in [1.82, 2.24) is 21.0 Å². The fourth-order valence-electron chi connectivity index (χ4n) is 3.96. The number of carbonyl (C=O) groups is 1. The van der Waals surface area contributed by atoms with Gasteiger partial charge in [-0.1, -0.05) is 6.07 Å². The van der Waals surface area contributed by atoms with Gasteiger partial charge < -0.3 is 14.8 Å². The van der Waals surface area contributed by atoms with E-state index < -0.39 is 12.5 Å². The molecule has 3 fully saturated rings. The standard InChI is InChI=1S/C19H22F3N5O3/c20-19(21,22)30-15-9-12(11-1-2-11)3-4-14(15)27-10-13-16(25-27)23-18(24-17(13)28)26-5-7-29-8-6-26/h3-4,9-11,16,18,23,25H,1-2,5-8H2,(H,24,28). The van der Waals surface area contributed by atoms with Gasteiger partial charge in [-0.2, -0.15) is 0 Å². The number of fused-ring (bicyclic) bond motifs is 1. The molecule has 1 amide bonds. The number of nitrogens with one attached hydrogen (secondary N) is 3. The van der Waals surface area contributed by atoms with Crippen molar-refractivity contribution < 1.29 is 27.4 Å². The molecule has 1 saturated carbocycles. The smallest absolute Gasteiger partial charge is 0.403 e. The summed E-state index contributed by atoms with van der Waals surface area (Å²) < 4.78 is 48.7. The summed E-state index contributed by atoms with van der Waals surface area (Å²) in [6.07, 6.45) is -2.31. The van der Waals surface area contributed by atoms with E-state index in [0.29, 0.717) is 31.9 Å². The highest BCUT2D eigenvalue weighted by atomic mass is 19.4. The van der Waals surface area contributed by atoms with Gasteiger partial charge in [0.25, 0.3) is 5.91 Å². The molecule has 2 saturated heterocycles. The molecule has 0 bridgehead atoms. The van der Waals surface area contributed by atoms with E-state index in [9.17, 15) is 18.0 Å². The van der Waals surface area contributed by atoms with E-state index in [0.717, 1.165) is 18.4 Å². The number of ether oxygens (including phenoxy) is 2. The number of halogens is 3. The van der Waals surface area contributed by atoms with Crippen molar-refractivity contribution in [2.24, 2.45) is 0 Å². The largest absolute Gasteiger partial charge is 0.573 e. The van der Waals surface area contributed by atoms with Gasteiger partial charge in [-0.15, -0.1) is 13.2 Å². The number of nitrogens with zero attached hydrogens (tertiary/aromatic N) is 2. The van der Waals surface area contributed by atoms with E-state index in [1.165, 1.54) is 17.3 Å². The highest BCUT2D eigenvalue weighted by molar-refractivity contribution is 5.96. The van der Waals surface area contributed by atoms with E-state index in [2.05, 4.69) is 20.8 Å². The number of carbonyl (C=O) groups excluding carboxylic acids is 1. The first-order valence-corrected chi connectivity index (χ1v) is 9.93. The lowest BCUT2D eigenvalue weighted by Gasteiger charge is -2.40. The predicted molar refractivity (Wildman–Crippen MR) is 100 cm³/mol. The zero-order valence-corrected chi connectivity index (χ0v) is 16.0. The fourth-order valence-corrected chi connectivity index (χ4v) is 3.96. The second kappa shape index (κ2) is 7.41. The minimum absolute atomic E-state index is 0.191. The zero-order valence-electron chi connectivity index (χ0n) is 16.0. The van der Waals surface area contributed by atoms with Crippen LogP contribution in [0.4, 0.5) is 18.9 Å². The van der Waals surface area contributed by atoms with Gasteiger partial charge in [0, 0.05) is 19.3 Å². The predicted octanol–water partition coefficient (Wildman–Crippen LogP) is 1.33. The van der Waals surface area contributed by atoms with E-state index in [1.54, 1.807) is 6.07 Å². The Kier molecular flexibility index (Phi) is 4.85. The van der Waals surface area contributed by atoms with Gasteiger partial charge in [-0.25, -0.2) is 5.43 Å². The Balaban J connectivity index is 1.38. The molecule has 30 heavy (non-hydrogen) atoms. The number of hydrogen-bond acceptors (Lipinski definition) is 7. The van der Waals surface area contributed by atoms with Gasteiger partial charge in [0.1, 0.15) is 12.5 Å². The lowest BCUT2D eigenvalue weighted by molar-refractivity contribution is -0.274. The van der Waals surface area contributed by atoms with E-state index >= 15 is 0 Å². The lowest BCUT2D eigenvalue weighted by atomic mass is 10.1. The van der Waals surface area contributed by atoms with Crippen LogP contribution in [-0.2, 0) is 9.53 Å². The van der Waals surface area contributed by atoms with Crippen LogP contribution in [0.15, 0.2) is 30.0 Å². The van der Waals surface area contributed by atoms with E-state index in [1.807, 2.05) is 11.0 Å². The fraction of sp³-hybridized carbons (Fsp3) is 0.526. The van der Waals surface area contributed by atoms with Gasteiger partial charge in [0.05, 0.1) is 24.5 Å². The summed E-state index contributed by atoms with van der Waals surface area (Å²) in [7, 11) is 0. The molecule has 5 rings (SSSR count). The molecule has 3 N–H and O–H groups in total. The van der Waals surface area contributed by atoms with Crippen molar-refractivity contribution in [3.63, 3.8) is 0 Å². The minimum Gasteiger partial charge on any atom is -0.403 e. The average molecular weight is 425 g/mol. The maximum absolute atomic E-state index is 13.0. The summed E-state index contributed by atoms with van der Waals surface area (Å²) >= 11 is 0. The molecule has 0 radical (unpaired) electrons. The summed E-state index contributed by atoms with van der Waals surface area (Å²) in [5.41, 5.74) is 4.47. The topological polar surface area (TPSA) is 78.1 Å². The third-order valence-electron chi connectivity index (χ3n) is 5.63. The molecule has 3 heterocycles. The average Bonchev–Trinajstić information content (AvgIpc) is 3.46. The Bertz CT molecular complexity index is 867. The molecule has 2 unspecified atom stereocenters. The van der Waals surface area contributed by atoms with Crippen LogP contribution in [0.5, 0.6) is 5.75 Å². The normalized spacial score (nSPS) is 27.5. The number of hydrogen-bond donors (Lipinski definition) is 3. The van der Waals surface area contributed by atoms with Crippen molar-refractivity contribution in [2.75, 3.05) is 31.3 Å². The zero-order chi connectivity index (χ0) is 20.9. The Hall–Kier alpha value is -2.34. The highest BCUT2D eigenvalue weighted by Gasteiger charge is 2.40. The minimum atomic E-state index is -4.81. The molecule has 1 aliphatic carbocycles. The van der Waals surface area contributed by atoms with Crippen LogP contribution < -0.4 is 25.8 Å². The number of rotatable bonds is 4. The van der Waals surface area contributed by atoms with E-state index in [4.69, 9.17) is 4.74 Å². The van der Waals surface area contributed by atoms with Crippen LogP contribution in [0.2, 0.25) is 0 Å². The first-order valence-electron chi connectivity index (χ1n) is 9.93. The molecular weight excluding hydrogens is 403 g/mol. The number of alkyl halides is 3. The Labute approximate surface area is 170 Å². The number of benzene rings is 1. The summed E-state index contributed by atoms with van der Waals surface area (Å²) in [5, 5.41) is 7.57. The van der Waals surface area contributed by atoms with Gasteiger partial charge in [0.2, 0.25) is 0 Å². The van der Waals surface area contributed by atoms with Crippen molar-refractivity contribution in [3.05, 3.63) is 35.5 Å². The molecule has 0 spiro atoms. The van der Waals surface area contributed by atoms with Crippen LogP contribution in [-0.4, -0.2) is 55.9 Å².